The molecule has 1 amide bonds. The molecule has 1 aromatic rings. The first-order valence-corrected chi connectivity index (χ1v) is 6.07. The van der Waals surface area contributed by atoms with Crippen LogP contribution in [0.1, 0.15) is 12.0 Å². The molecule has 1 fully saturated rings. The van der Waals surface area contributed by atoms with Crippen LogP contribution in [0.3, 0.4) is 0 Å². The maximum atomic E-state index is 11.7. The summed E-state index contributed by atoms with van der Waals surface area (Å²) >= 11 is 3.35. The monoisotopic (exact) mass is 309 g/mol. The van der Waals surface area contributed by atoms with Crippen LogP contribution < -0.4 is 4.90 Å². The third-order valence-electron chi connectivity index (χ3n) is 2.68. The maximum Gasteiger partial charge on any atom is 0.270 e. The fourth-order valence-corrected chi connectivity index (χ4v) is 2.43. The van der Waals surface area contributed by atoms with Gasteiger partial charge in [0, 0.05) is 29.9 Å². The Balaban J connectivity index is 2.43. The van der Waals surface area contributed by atoms with Crippen molar-refractivity contribution in [3.05, 3.63) is 33.9 Å². The number of benzene rings is 1. The zero-order valence-corrected chi connectivity index (χ0v) is 10.8. The van der Waals surface area contributed by atoms with E-state index in [1.807, 2.05) is 6.07 Å². The van der Waals surface area contributed by atoms with Crippen LogP contribution in [0, 0.1) is 21.4 Å². The van der Waals surface area contributed by atoms with Crippen LogP contribution in [0.15, 0.2) is 18.2 Å². The number of nitro benzene ring substituents is 1. The number of amides is 1. The first-order chi connectivity index (χ1) is 8.52. The summed E-state index contributed by atoms with van der Waals surface area (Å²) in [4.78, 5) is 23.3. The van der Waals surface area contributed by atoms with Gasteiger partial charge < -0.3 is 4.90 Å². The Morgan fingerprint density at radius 3 is 2.78 bits per heavy atom. The zero-order chi connectivity index (χ0) is 13.3. The summed E-state index contributed by atoms with van der Waals surface area (Å²) in [7, 11) is 0. The highest BCUT2D eigenvalue weighted by Crippen LogP contribution is 2.30. The van der Waals surface area contributed by atoms with Gasteiger partial charge in [0.2, 0.25) is 5.91 Å². The first kappa shape index (κ1) is 12.5. The lowest BCUT2D eigenvalue weighted by molar-refractivity contribution is -0.384. The predicted octanol–water partition coefficient (Wildman–Crippen LogP) is 1.97. The molecule has 0 saturated carbocycles. The molecule has 1 aliphatic rings. The van der Waals surface area contributed by atoms with Crippen LogP contribution in [0.2, 0.25) is 0 Å². The van der Waals surface area contributed by atoms with E-state index >= 15 is 0 Å². The number of hydrogen-bond donors (Lipinski definition) is 0. The van der Waals surface area contributed by atoms with Crippen LogP contribution in [0.5, 0.6) is 0 Å². The van der Waals surface area contributed by atoms with Gasteiger partial charge in [-0.1, -0.05) is 15.9 Å². The van der Waals surface area contributed by atoms with Crippen molar-refractivity contribution in [2.75, 3.05) is 11.4 Å². The number of nitrogens with zero attached hydrogens (tertiary/aromatic N) is 3. The van der Waals surface area contributed by atoms with Gasteiger partial charge in [0.05, 0.1) is 16.2 Å². The Kier molecular flexibility index (Phi) is 3.30. The third-order valence-corrected chi connectivity index (χ3v) is 3.29. The number of nitriles is 1. The molecule has 1 atom stereocenters. The lowest BCUT2D eigenvalue weighted by Crippen LogP contribution is -2.25. The topological polar surface area (TPSA) is 87.2 Å². The highest BCUT2D eigenvalue weighted by Gasteiger charge is 2.30. The predicted molar refractivity (Wildman–Crippen MR) is 67.5 cm³/mol. The van der Waals surface area contributed by atoms with Gasteiger partial charge in [-0.25, -0.2) is 0 Å². The van der Waals surface area contributed by atoms with Crippen molar-refractivity contribution >= 4 is 33.2 Å². The summed E-state index contributed by atoms with van der Waals surface area (Å²) in [6.07, 6.45) is 0.363. The second kappa shape index (κ2) is 4.74. The van der Waals surface area contributed by atoms with Gasteiger partial charge in [-0.15, -0.1) is 0 Å². The highest BCUT2D eigenvalue weighted by atomic mass is 79.9. The molecule has 1 aromatic carbocycles. The Labute approximate surface area is 111 Å². The highest BCUT2D eigenvalue weighted by molar-refractivity contribution is 9.09. The van der Waals surface area contributed by atoms with Gasteiger partial charge >= 0.3 is 0 Å². The van der Waals surface area contributed by atoms with E-state index in [1.165, 1.54) is 23.1 Å². The van der Waals surface area contributed by atoms with Crippen molar-refractivity contribution in [1.29, 1.82) is 5.26 Å². The summed E-state index contributed by atoms with van der Waals surface area (Å²) in [5, 5.41) is 19.6. The number of rotatable bonds is 2. The largest absolute Gasteiger partial charge is 0.310 e. The van der Waals surface area contributed by atoms with Crippen molar-refractivity contribution in [3.8, 4) is 6.07 Å². The van der Waals surface area contributed by atoms with Gasteiger partial charge in [0.1, 0.15) is 6.07 Å². The van der Waals surface area contributed by atoms with Gasteiger partial charge in [-0.2, -0.15) is 5.26 Å². The van der Waals surface area contributed by atoms with Crippen molar-refractivity contribution < 1.29 is 9.72 Å². The molecule has 0 aromatic heterocycles. The lowest BCUT2D eigenvalue weighted by atomic mass is 10.1. The molecule has 0 bridgehead atoms. The van der Waals surface area contributed by atoms with Crippen molar-refractivity contribution in [2.24, 2.45) is 0 Å². The van der Waals surface area contributed by atoms with Crippen LogP contribution in [0.25, 0.3) is 0 Å². The summed E-state index contributed by atoms with van der Waals surface area (Å²) in [6.45, 7) is 0.464. The number of carbonyl (C=O) groups excluding carboxylic acids is 1. The fourth-order valence-electron chi connectivity index (χ4n) is 1.86. The van der Waals surface area contributed by atoms with Gasteiger partial charge in [0.15, 0.2) is 0 Å². The van der Waals surface area contributed by atoms with E-state index in [4.69, 9.17) is 5.26 Å². The minimum atomic E-state index is -0.566. The minimum absolute atomic E-state index is 0.0479. The summed E-state index contributed by atoms with van der Waals surface area (Å²) in [5.74, 6) is -0.0952. The molecule has 0 aliphatic carbocycles. The van der Waals surface area contributed by atoms with Gasteiger partial charge in [0.25, 0.3) is 5.69 Å². The van der Waals surface area contributed by atoms with Crippen LogP contribution in [-0.4, -0.2) is 22.2 Å². The molecule has 6 nitrogen and oxygen atoms in total. The maximum absolute atomic E-state index is 11.7. The van der Waals surface area contributed by atoms with E-state index in [1.54, 1.807) is 0 Å². The summed E-state index contributed by atoms with van der Waals surface area (Å²) < 4.78 is 0. The first-order valence-electron chi connectivity index (χ1n) is 5.16. The second-order valence-electron chi connectivity index (χ2n) is 3.88. The molecule has 0 N–H and O–H groups in total. The van der Waals surface area contributed by atoms with Crippen LogP contribution >= 0.6 is 15.9 Å². The molecular weight excluding hydrogens is 302 g/mol. The minimum Gasteiger partial charge on any atom is -0.310 e. The molecule has 1 aliphatic heterocycles. The zero-order valence-electron chi connectivity index (χ0n) is 9.17. The quantitative estimate of drug-likeness (QED) is 0.474. The van der Waals surface area contributed by atoms with Crippen LogP contribution in [-0.2, 0) is 4.79 Å². The number of hydrogen-bond acceptors (Lipinski definition) is 4. The smallest absolute Gasteiger partial charge is 0.270 e. The number of anilines is 1. The van der Waals surface area contributed by atoms with Crippen molar-refractivity contribution in [3.63, 3.8) is 0 Å². The fraction of sp³-hybridized carbons (Fsp3) is 0.273. The number of nitro groups is 1. The molecule has 1 saturated heterocycles. The molecule has 1 heterocycles. The van der Waals surface area contributed by atoms with E-state index in [0.717, 1.165) is 0 Å². The molecule has 2 rings (SSSR count). The molecule has 7 heteroatoms. The summed E-state index contributed by atoms with van der Waals surface area (Å²) in [6, 6.07) is 5.81. The number of alkyl halides is 1. The SMILES string of the molecule is N#Cc1cc([N+](=O)[O-])ccc1N1CC(Br)CC1=O. The van der Waals surface area contributed by atoms with Crippen LogP contribution in [0.4, 0.5) is 11.4 Å². The Hall–Kier alpha value is -1.94. The molecule has 0 radical (unpaired) electrons. The van der Waals surface area contributed by atoms with E-state index in [9.17, 15) is 14.9 Å². The molecule has 92 valence electrons. The third kappa shape index (κ3) is 2.19. The van der Waals surface area contributed by atoms with Gasteiger partial charge in [-0.05, 0) is 6.07 Å². The molecule has 0 spiro atoms. The lowest BCUT2D eigenvalue weighted by Gasteiger charge is -2.16. The average Bonchev–Trinajstić information content (AvgIpc) is 2.67. The van der Waals surface area contributed by atoms with E-state index in [0.29, 0.717) is 18.7 Å². The van der Waals surface area contributed by atoms with Crippen molar-refractivity contribution in [2.45, 2.75) is 11.2 Å². The van der Waals surface area contributed by atoms with E-state index in [2.05, 4.69) is 15.9 Å². The number of non-ortho nitro benzene ring substituents is 1. The summed E-state index contributed by atoms with van der Waals surface area (Å²) in [5.41, 5.74) is 0.409. The van der Waals surface area contributed by atoms with E-state index in [-0.39, 0.29) is 22.0 Å². The Morgan fingerprint density at radius 2 is 2.28 bits per heavy atom. The normalized spacial score (nSPS) is 18.8. The second-order valence-corrected chi connectivity index (χ2v) is 5.17. The average molecular weight is 310 g/mol. The molecule has 1 unspecified atom stereocenters. The Bertz CT molecular complexity index is 567. The molecule has 18 heavy (non-hydrogen) atoms. The Morgan fingerprint density at radius 1 is 1.56 bits per heavy atom. The van der Waals surface area contributed by atoms with E-state index < -0.39 is 4.92 Å². The van der Waals surface area contributed by atoms with Gasteiger partial charge in [-0.3, -0.25) is 14.9 Å². The van der Waals surface area contributed by atoms with Crippen molar-refractivity contribution in [1.82, 2.24) is 0 Å². The number of halogens is 1. The standard InChI is InChI=1S/C11H8BrN3O3/c12-8-4-11(16)14(6-8)10-2-1-9(15(17)18)3-7(10)5-13/h1-3,8H,4,6H2. The molecular formula is C11H8BrN3O3. The number of carbonyl (C=O) groups is 1.